The summed E-state index contributed by atoms with van der Waals surface area (Å²) in [6.45, 7) is 3.36. The van der Waals surface area contributed by atoms with Gasteiger partial charge in [-0.3, -0.25) is 9.36 Å². The molecule has 0 unspecified atom stereocenters. The van der Waals surface area contributed by atoms with Crippen LogP contribution >= 0.6 is 0 Å². The highest BCUT2D eigenvalue weighted by Gasteiger charge is 2.29. The molecule has 74 valence electrons. The molecule has 1 aromatic rings. The van der Waals surface area contributed by atoms with E-state index in [4.69, 9.17) is 0 Å². The van der Waals surface area contributed by atoms with E-state index in [0.717, 1.165) is 36.5 Å². The van der Waals surface area contributed by atoms with E-state index in [2.05, 4.69) is 10.3 Å². The lowest BCUT2D eigenvalue weighted by Crippen LogP contribution is -2.26. The zero-order valence-corrected chi connectivity index (χ0v) is 8.21. The average Bonchev–Trinajstić information content (AvgIpc) is 2.84. The Labute approximate surface area is 82.0 Å². The lowest BCUT2D eigenvalue weighted by Gasteiger charge is -2.09. The molecule has 0 bridgehead atoms. The van der Waals surface area contributed by atoms with Crippen molar-refractivity contribution in [2.45, 2.75) is 38.9 Å². The monoisotopic (exact) mass is 191 g/mol. The second-order valence-electron chi connectivity index (χ2n) is 4.09. The molecule has 1 aliphatic heterocycles. The third-order valence-corrected chi connectivity index (χ3v) is 2.98. The molecule has 2 heterocycles. The predicted octanol–water partition coefficient (Wildman–Crippen LogP) is 0.490. The van der Waals surface area contributed by atoms with Crippen molar-refractivity contribution in [3.05, 3.63) is 27.4 Å². The predicted molar refractivity (Wildman–Crippen MR) is 52.0 cm³/mol. The van der Waals surface area contributed by atoms with Crippen molar-refractivity contribution in [1.29, 1.82) is 0 Å². The summed E-state index contributed by atoms with van der Waals surface area (Å²) in [4.78, 5) is 16.5. The minimum absolute atomic E-state index is 0.181. The Morgan fingerprint density at radius 3 is 2.93 bits per heavy atom. The molecule has 0 amide bonds. The standard InChI is InChI=1S/C10H13N3O/c1-6-12-9-5-11-4-8(9)10(14)13(6)7-2-3-7/h7,11H,2-5H2,1H3. The Bertz CT molecular complexity index is 445. The van der Waals surface area contributed by atoms with Crippen LogP contribution in [0.3, 0.4) is 0 Å². The lowest BCUT2D eigenvalue weighted by atomic mass is 10.2. The van der Waals surface area contributed by atoms with Gasteiger partial charge in [-0.05, 0) is 19.8 Å². The fourth-order valence-corrected chi connectivity index (χ4v) is 2.12. The van der Waals surface area contributed by atoms with Crippen LogP contribution in [0.4, 0.5) is 0 Å². The first kappa shape index (κ1) is 8.17. The summed E-state index contributed by atoms with van der Waals surface area (Å²) < 4.78 is 1.87. The molecule has 1 fully saturated rings. The summed E-state index contributed by atoms with van der Waals surface area (Å²) in [6.07, 6.45) is 2.27. The summed E-state index contributed by atoms with van der Waals surface area (Å²) in [5.74, 6) is 0.875. The summed E-state index contributed by atoms with van der Waals surface area (Å²) in [7, 11) is 0. The largest absolute Gasteiger partial charge is 0.307 e. The number of fused-ring (bicyclic) bond motifs is 1. The van der Waals surface area contributed by atoms with Crippen LogP contribution in [0.2, 0.25) is 0 Å². The van der Waals surface area contributed by atoms with Gasteiger partial charge in [0.2, 0.25) is 0 Å². The Kier molecular flexibility index (Phi) is 1.56. The summed E-state index contributed by atoms with van der Waals surface area (Å²) in [5, 5.41) is 3.17. The highest BCUT2D eigenvalue weighted by molar-refractivity contribution is 5.23. The van der Waals surface area contributed by atoms with E-state index in [9.17, 15) is 4.79 Å². The number of nitrogens with one attached hydrogen (secondary N) is 1. The molecule has 1 saturated carbocycles. The molecule has 14 heavy (non-hydrogen) atoms. The normalized spacial score (nSPS) is 19.8. The topological polar surface area (TPSA) is 46.9 Å². The van der Waals surface area contributed by atoms with Crippen molar-refractivity contribution in [2.24, 2.45) is 0 Å². The summed E-state index contributed by atoms with van der Waals surface area (Å²) in [5.41, 5.74) is 2.01. The van der Waals surface area contributed by atoms with Crippen LogP contribution in [0.5, 0.6) is 0 Å². The second-order valence-corrected chi connectivity index (χ2v) is 4.09. The van der Waals surface area contributed by atoms with Gasteiger partial charge < -0.3 is 5.32 Å². The molecule has 0 radical (unpaired) electrons. The first-order valence-corrected chi connectivity index (χ1v) is 5.09. The van der Waals surface area contributed by atoms with Gasteiger partial charge in [-0.1, -0.05) is 0 Å². The molecule has 4 nitrogen and oxygen atoms in total. The quantitative estimate of drug-likeness (QED) is 0.702. The van der Waals surface area contributed by atoms with E-state index in [0.29, 0.717) is 12.6 Å². The maximum atomic E-state index is 12.0. The Morgan fingerprint density at radius 2 is 2.21 bits per heavy atom. The van der Waals surface area contributed by atoms with E-state index in [1.54, 1.807) is 0 Å². The fraction of sp³-hybridized carbons (Fsp3) is 0.600. The van der Waals surface area contributed by atoms with Crippen LogP contribution in [0, 0.1) is 6.92 Å². The molecule has 0 saturated heterocycles. The van der Waals surface area contributed by atoms with Crippen LogP contribution in [0.1, 0.15) is 36.0 Å². The maximum Gasteiger partial charge on any atom is 0.258 e. The van der Waals surface area contributed by atoms with Gasteiger partial charge in [0.15, 0.2) is 0 Å². The van der Waals surface area contributed by atoms with Gasteiger partial charge in [0.1, 0.15) is 5.82 Å². The number of hydrogen-bond donors (Lipinski definition) is 1. The van der Waals surface area contributed by atoms with Crippen molar-refractivity contribution >= 4 is 0 Å². The molecular formula is C10H13N3O. The zero-order chi connectivity index (χ0) is 9.71. The Hall–Kier alpha value is -1.16. The molecule has 1 N–H and O–H groups in total. The van der Waals surface area contributed by atoms with Crippen LogP contribution in [0.25, 0.3) is 0 Å². The smallest absolute Gasteiger partial charge is 0.258 e. The Morgan fingerprint density at radius 1 is 1.43 bits per heavy atom. The fourth-order valence-electron chi connectivity index (χ4n) is 2.12. The lowest BCUT2D eigenvalue weighted by molar-refractivity contribution is 0.646. The molecule has 0 spiro atoms. The minimum Gasteiger partial charge on any atom is -0.307 e. The maximum absolute atomic E-state index is 12.0. The van der Waals surface area contributed by atoms with Crippen molar-refractivity contribution in [3.8, 4) is 0 Å². The molecule has 0 aromatic carbocycles. The third kappa shape index (κ3) is 1.04. The van der Waals surface area contributed by atoms with Crippen molar-refractivity contribution in [2.75, 3.05) is 0 Å². The minimum atomic E-state index is 0.181. The molecule has 2 aliphatic rings. The van der Waals surface area contributed by atoms with E-state index in [1.807, 2.05) is 11.5 Å². The van der Waals surface area contributed by atoms with Gasteiger partial charge in [0.05, 0.1) is 11.3 Å². The third-order valence-electron chi connectivity index (χ3n) is 2.98. The van der Waals surface area contributed by atoms with Gasteiger partial charge in [0, 0.05) is 19.1 Å². The van der Waals surface area contributed by atoms with Crippen LogP contribution in [-0.2, 0) is 13.1 Å². The van der Waals surface area contributed by atoms with E-state index in [-0.39, 0.29) is 5.56 Å². The van der Waals surface area contributed by atoms with Gasteiger partial charge in [0.25, 0.3) is 5.56 Å². The van der Waals surface area contributed by atoms with Gasteiger partial charge >= 0.3 is 0 Å². The first-order chi connectivity index (χ1) is 6.77. The molecule has 1 aromatic heterocycles. The first-order valence-electron chi connectivity index (χ1n) is 5.09. The molecule has 4 heteroatoms. The van der Waals surface area contributed by atoms with Gasteiger partial charge in [-0.15, -0.1) is 0 Å². The average molecular weight is 191 g/mol. The molecular weight excluding hydrogens is 178 g/mol. The molecule has 3 rings (SSSR count). The van der Waals surface area contributed by atoms with Crippen LogP contribution in [-0.4, -0.2) is 9.55 Å². The number of aryl methyl sites for hydroxylation is 1. The summed E-state index contributed by atoms with van der Waals surface area (Å²) in [6, 6.07) is 0.431. The highest BCUT2D eigenvalue weighted by atomic mass is 16.1. The van der Waals surface area contributed by atoms with Crippen molar-refractivity contribution in [1.82, 2.24) is 14.9 Å². The van der Waals surface area contributed by atoms with Gasteiger partial charge in [-0.2, -0.15) is 0 Å². The number of hydrogen-bond acceptors (Lipinski definition) is 3. The zero-order valence-electron chi connectivity index (χ0n) is 8.21. The van der Waals surface area contributed by atoms with E-state index >= 15 is 0 Å². The SMILES string of the molecule is Cc1nc2c(c(=O)n1C1CC1)CNC2. The number of rotatable bonds is 1. The van der Waals surface area contributed by atoms with Crippen molar-refractivity contribution in [3.63, 3.8) is 0 Å². The highest BCUT2D eigenvalue weighted by Crippen LogP contribution is 2.34. The number of nitrogens with zero attached hydrogens (tertiary/aromatic N) is 2. The van der Waals surface area contributed by atoms with Crippen molar-refractivity contribution < 1.29 is 0 Å². The van der Waals surface area contributed by atoms with E-state index in [1.165, 1.54) is 0 Å². The van der Waals surface area contributed by atoms with Crippen LogP contribution in [0.15, 0.2) is 4.79 Å². The van der Waals surface area contributed by atoms with Gasteiger partial charge in [-0.25, -0.2) is 4.98 Å². The Balaban J connectivity index is 2.25. The second kappa shape index (κ2) is 2.67. The summed E-state index contributed by atoms with van der Waals surface area (Å²) >= 11 is 0. The van der Waals surface area contributed by atoms with Crippen LogP contribution < -0.4 is 10.9 Å². The number of aromatic nitrogens is 2. The molecule has 0 atom stereocenters. The van der Waals surface area contributed by atoms with E-state index < -0.39 is 0 Å². The molecule has 1 aliphatic carbocycles.